The highest BCUT2D eigenvalue weighted by Crippen LogP contribution is 2.54. The van der Waals surface area contributed by atoms with E-state index in [0.717, 1.165) is 67.6 Å². The van der Waals surface area contributed by atoms with Crippen molar-refractivity contribution >= 4 is 23.4 Å². The lowest BCUT2D eigenvalue weighted by atomic mass is 9.57. The van der Waals surface area contributed by atoms with E-state index in [-0.39, 0.29) is 47.1 Å². The summed E-state index contributed by atoms with van der Waals surface area (Å²) >= 11 is 0. The molecular weight excluding hydrogens is 741 g/mol. The molecule has 1 aliphatic carbocycles. The number of carbonyl (C=O) groups is 3. The van der Waals surface area contributed by atoms with E-state index < -0.39 is 6.04 Å². The van der Waals surface area contributed by atoms with E-state index in [4.69, 9.17) is 9.47 Å². The van der Waals surface area contributed by atoms with Gasteiger partial charge in [-0.2, -0.15) is 0 Å². The van der Waals surface area contributed by atoms with Crippen molar-refractivity contribution in [2.24, 2.45) is 11.3 Å². The van der Waals surface area contributed by atoms with E-state index in [0.29, 0.717) is 37.2 Å². The Morgan fingerprint density at radius 3 is 2.34 bits per heavy atom. The van der Waals surface area contributed by atoms with Gasteiger partial charge in [-0.1, -0.05) is 48.5 Å². The number of imide groups is 1. The first-order valence-electron chi connectivity index (χ1n) is 21.8. The Morgan fingerprint density at radius 1 is 0.797 bits per heavy atom. The van der Waals surface area contributed by atoms with Gasteiger partial charge in [0.2, 0.25) is 11.8 Å². The van der Waals surface area contributed by atoms with Gasteiger partial charge < -0.3 is 29.3 Å². The van der Waals surface area contributed by atoms with Crippen molar-refractivity contribution in [2.45, 2.75) is 81.2 Å². The van der Waals surface area contributed by atoms with Crippen molar-refractivity contribution in [2.75, 3.05) is 50.8 Å². The summed E-state index contributed by atoms with van der Waals surface area (Å²) in [7, 11) is 0. The van der Waals surface area contributed by atoms with Gasteiger partial charge in [0.25, 0.3) is 5.91 Å². The number of ether oxygens (including phenoxy) is 2. The molecule has 0 bridgehead atoms. The molecule has 4 aromatic rings. The Balaban J connectivity index is 0.684. The first kappa shape index (κ1) is 36.7. The van der Waals surface area contributed by atoms with Crippen molar-refractivity contribution in [1.29, 1.82) is 0 Å². The van der Waals surface area contributed by atoms with Gasteiger partial charge in [-0.25, -0.2) is 0 Å². The van der Waals surface area contributed by atoms with Crippen LogP contribution in [0.2, 0.25) is 0 Å². The number of benzene rings is 4. The van der Waals surface area contributed by atoms with Gasteiger partial charge in [-0.3, -0.25) is 19.7 Å². The molecule has 7 aliphatic rings. The minimum absolute atomic E-state index is 0.0271. The van der Waals surface area contributed by atoms with E-state index >= 15 is 0 Å². The number of likely N-dealkylation sites (tertiary alicyclic amines) is 1. The second kappa shape index (κ2) is 14.1. The number of nitrogens with zero attached hydrogens (tertiary/aromatic N) is 3. The smallest absolute Gasteiger partial charge is 0.255 e. The zero-order valence-electron chi connectivity index (χ0n) is 33.5. The molecule has 6 aliphatic heterocycles. The Hall–Kier alpha value is -5.35. The largest absolute Gasteiger partial charge is 0.508 e. The Kier molecular flexibility index (Phi) is 8.80. The Labute approximate surface area is 345 Å². The van der Waals surface area contributed by atoms with Gasteiger partial charge in [-0.15, -0.1) is 0 Å². The number of piperidine rings is 3. The molecule has 2 spiro atoms. The summed E-state index contributed by atoms with van der Waals surface area (Å²) in [6.45, 7) is 7.14. The molecule has 3 saturated heterocycles. The minimum Gasteiger partial charge on any atom is -0.508 e. The van der Waals surface area contributed by atoms with Crippen LogP contribution in [0.3, 0.4) is 0 Å². The molecule has 4 aromatic carbocycles. The molecule has 10 heteroatoms. The molecule has 1 saturated carbocycles. The first-order valence-corrected chi connectivity index (χ1v) is 21.8. The summed E-state index contributed by atoms with van der Waals surface area (Å²) < 4.78 is 12.5. The van der Waals surface area contributed by atoms with Crippen LogP contribution in [-0.2, 0) is 21.5 Å². The maximum Gasteiger partial charge on any atom is 0.255 e. The van der Waals surface area contributed by atoms with Crippen LogP contribution in [0, 0.1) is 11.3 Å². The second-order valence-electron chi connectivity index (χ2n) is 18.7. The number of rotatable bonds is 6. The number of fused-ring (bicyclic) bond motifs is 4. The maximum absolute atomic E-state index is 13.4. The number of aromatic hydroxyl groups is 1. The Bertz CT molecular complexity index is 2300. The van der Waals surface area contributed by atoms with E-state index in [2.05, 4.69) is 75.8 Å². The zero-order chi connectivity index (χ0) is 39.9. The minimum atomic E-state index is -0.606. The van der Waals surface area contributed by atoms with Gasteiger partial charge in [0.1, 0.15) is 23.3 Å². The molecule has 0 aromatic heterocycles. The molecule has 4 fully saturated rings. The molecule has 304 valence electrons. The van der Waals surface area contributed by atoms with Crippen LogP contribution in [0.4, 0.5) is 5.69 Å². The van der Waals surface area contributed by atoms with Crippen LogP contribution in [0.5, 0.6) is 17.2 Å². The quantitative estimate of drug-likeness (QED) is 0.204. The second-order valence-corrected chi connectivity index (χ2v) is 18.7. The van der Waals surface area contributed by atoms with E-state index in [1.807, 2.05) is 12.1 Å². The van der Waals surface area contributed by atoms with E-state index in [1.165, 1.54) is 54.6 Å². The number of phenols is 1. The Morgan fingerprint density at radius 2 is 1.58 bits per heavy atom. The fraction of sp³-hybridized carbons (Fsp3) is 0.449. The molecule has 10 nitrogen and oxygen atoms in total. The number of anilines is 1. The lowest BCUT2D eigenvalue weighted by Crippen LogP contribution is -2.52. The van der Waals surface area contributed by atoms with E-state index in [1.54, 1.807) is 17.0 Å². The molecule has 0 radical (unpaired) electrons. The van der Waals surface area contributed by atoms with Gasteiger partial charge in [-0.05, 0) is 116 Å². The first-order chi connectivity index (χ1) is 28.7. The summed E-state index contributed by atoms with van der Waals surface area (Å²) in [5.74, 6) is 2.13. The fourth-order valence-corrected chi connectivity index (χ4v) is 12.0. The van der Waals surface area contributed by atoms with Gasteiger partial charge in [0, 0.05) is 78.3 Å². The predicted octanol–water partition coefficient (Wildman–Crippen LogP) is 6.88. The molecule has 3 atom stereocenters. The van der Waals surface area contributed by atoms with Crippen LogP contribution in [0.1, 0.15) is 101 Å². The van der Waals surface area contributed by atoms with Crippen molar-refractivity contribution < 1.29 is 29.0 Å². The monoisotopic (exact) mass is 792 g/mol. The molecular formula is C49H52N4O6. The summed E-state index contributed by atoms with van der Waals surface area (Å²) in [6.07, 6.45) is 7.89. The number of amides is 3. The predicted molar refractivity (Wildman–Crippen MR) is 223 cm³/mol. The highest BCUT2D eigenvalue weighted by molar-refractivity contribution is 6.05. The highest BCUT2D eigenvalue weighted by atomic mass is 16.5. The van der Waals surface area contributed by atoms with Crippen molar-refractivity contribution in [3.8, 4) is 17.2 Å². The van der Waals surface area contributed by atoms with Crippen LogP contribution < -0.4 is 19.7 Å². The SMILES string of the molecule is O=C1CCC(N2Cc3cc4c(cc3C2=O)OCC42CCN(CC3CC4(CCN(c5ccc([C@@H]6c7ccc(O)cc7OC[C@@H]6c6ccccc6)cc5)CC4)C3)CC2)C(=O)N1. The number of nitrogens with one attached hydrogen (secondary N) is 1. The van der Waals surface area contributed by atoms with Gasteiger partial charge >= 0.3 is 0 Å². The molecule has 11 rings (SSSR count). The molecule has 59 heavy (non-hydrogen) atoms. The van der Waals surface area contributed by atoms with Gasteiger partial charge in [0.05, 0.1) is 13.2 Å². The van der Waals surface area contributed by atoms with Crippen LogP contribution >= 0.6 is 0 Å². The molecule has 2 N–H and O–H groups in total. The summed E-state index contributed by atoms with van der Waals surface area (Å²) in [4.78, 5) is 44.6. The number of carbonyl (C=O) groups excluding carboxylic acids is 3. The number of hydrogen-bond donors (Lipinski definition) is 2. The summed E-state index contributed by atoms with van der Waals surface area (Å²) in [6, 6.07) is 28.9. The third kappa shape index (κ3) is 6.37. The van der Waals surface area contributed by atoms with E-state index in [9.17, 15) is 19.5 Å². The lowest BCUT2D eigenvalue weighted by Gasteiger charge is -2.54. The highest BCUT2D eigenvalue weighted by Gasteiger charge is 2.49. The van der Waals surface area contributed by atoms with Crippen molar-refractivity contribution in [3.63, 3.8) is 0 Å². The van der Waals surface area contributed by atoms with Crippen molar-refractivity contribution in [1.82, 2.24) is 15.1 Å². The summed E-state index contributed by atoms with van der Waals surface area (Å²) in [5, 5.41) is 12.6. The molecule has 3 amide bonds. The number of phenolic OH excluding ortho intramolecular Hbond substituents is 1. The topological polar surface area (TPSA) is 112 Å². The summed E-state index contributed by atoms with van der Waals surface area (Å²) in [5.41, 5.74) is 8.25. The van der Waals surface area contributed by atoms with Crippen molar-refractivity contribution in [3.05, 3.63) is 118 Å². The standard InChI is InChI=1S/C49H52N4O6/c54-36-10-11-37-42(23-36)58-29-39(32-4-2-1-3-5-32)45(37)33-6-8-35(9-7-33)52-20-14-48(15-21-52)25-31(26-48)27-51-18-16-49(17-19-51)30-59-43-24-38-34(22-40(43)49)28-53(47(38)57)41-12-13-44(55)50-46(41)56/h1-11,22-24,31,39,41,45,54H,12-21,25-30H2,(H,50,55,56)/t39-,41?,45-/m1/s1. The van der Waals surface area contributed by atoms with Crippen LogP contribution in [-0.4, -0.2) is 84.6 Å². The molecule has 1 unspecified atom stereocenters. The zero-order valence-corrected chi connectivity index (χ0v) is 33.5. The van der Waals surface area contributed by atoms with Gasteiger partial charge in [0.15, 0.2) is 0 Å². The molecule has 6 heterocycles. The third-order valence-corrected chi connectivity index (χ3v) is 15.3. The van der Waals surface area contributed by atoms with Crippen LogP contribution in [0.15, 0.2) is 84.9 Å². The number of hydrogen-bond acceptors (Lipinski definition) is 8. The van der Waals surface area contributed by atoms with Crippen LogP contribution in [0.25, 0.3) is 0 Å². The average molecular weight is 793 g/mol. The third-order valence-electron chi connectivity index (χ3n) is 15.3. The maximum atomic E-state index is 13.4. The lowest BCUT2D eigenvalue weighted by molar-refractivity contribution is -0.136. The average Bonchev–Trinajstić information content (AvgIpc) is 3.75. The normalized spacial score (nSPS) is 25.8. The fourth-order valence-electron chi connectivity index (χ4n) is 12.0.